The number of hydrogen-bond acceptors (Lipinski definition) is 10. The van der Waals surface area contributed by atoms with Crippen molar-refractivity contribution in [3.63, 3.8) is 0 Å². The molecule has 0 saturated heterocycles. The molecule has 42 heavy (non-hydrogen) atoms. The van der Waals surface area contributed by atoms with Gasteiger partial charge in [0, 0.05) is 42.3 Å². The van der Waals surface area contributed by atoms with Crippen molar-refractivity contribution in [1.29, 1.82) is 0 Å². The van der Waals surface area contributed by atoms with Gasteiger partial charge in [-0.25, -0.2) is 28.4 Å². The summed E-state index contributed by atoms with van der Waals surface area (Å²) in [6.45, 7) is 1.09. The van der Waals surface area contributed by atoms with Crippen LogP contribution in [0.25, 0.3) is 22.6 Å². The fourth-order valence-electron chi connectivity index (χ4n) is 5.41. The lowest BCUT2D eigenvalue weighted by Crippen LogP contribution is -2.31. The average molecular weight is 592 g/mol. The van der Waals surface area contributed by atoms with Gasteiger partial charge in [0.05, 0.1) is 28.9 Å². The predicted molar refractivity (Wildman–Crippen MR) is 159 cm³/mol. The monoisotopic (exact) mass is 591 g/mol. The van der Waals surface area contributed by atoms with Crippen LogP contribution in [0.15, 0.2) is 55.1 Å². The molecule has 0 amide bonds. The van der Waals surface area contributed by atoms with Crippen LogP contribution in [0.3, 0.4) is 0 Å². The van der Waals surface area contributed by atoms with Gasteiger partial charge in [-0.2, -0.15) is 13.6 Å². The SMILES string of the molecule is CN(C)CC1CCC(Nc2cc(Nc3ccnc(-c4cnn(S(=O)(=O)C5CC5)c4)n3)ncc2-c2cccc(F)n2)CC1. The van der Waals surface area contributed by atoms with Crippen LogP contribution in [0.1, 0.15) is 38.5 Å². The van der Waals surface area contributed by atoms with E-state index in [-0.39, 0.29) is 11.3 Å². The second kappa shape index (κ2) is 11.7. The van der Waals surface area contributed by atoms with Crippen LogP contribution in [-0.2, 0) is 10.0 Å². The molecule has 0 radical (unpaired) electrons. The van der Waals surface area contributed by atoms with Crippen LogP contribution in [0.5, 0.6) is 0 Å². The van der Waals surface area contributed by atoms with Crippen LogP contribution < -0.4 is 10.6 Å². The first-order valence-electron chi connectivity index (χ1n) is 14.2. The zero-order chi connectivity index (χ0) is 29.3. The van der Waals surface area contributed by atoms with E-state index in [1.165, 1.54) is 18.5 Å². The van der Waals surface area contributed by atoms with E-state index in [9.17, 15) is 12.8 Å². The van der Waals surface area contributed by atoms with E-state index in [4.69, 9.17) is 0 Å². The van der Waals surface area contributed by atoms with Gasteiger partial charge < -0.3 is 15.5 Å². The third-order valence-corrected chi connectivity index (χ3v) is 9.70. The van der Waals surface area contributed by atoms with E-state index in [1.54, 1.807) is 30.6 Å². The third-order valence-electron chi connectivity index (χ3n) is 7.66. The second-order valence-electron chi connectivity index (χ2n) is 11.3. The minimum absolute atomic E-state index is 0.278. The first-order chi connectivity index (χ1) is 20.2. The molecule has 2 aliphatic rings. The Labute approximate surface area is 244 Å². The smallest absolute Gasteiger partial charge is 0.256 e. The standard InChI is InChI=1S/C29H34FN9O2S/c1-38(2)17-19-6-8-21(9-7-19)34-25-14-28(32-16-23(25)24-4-3-5-26(30)35-24)36-27-12-13-31-29(37-27)20-15-33-39(18-20)42(40,41)22-10-11-22/h3-5,12-16,18-19,21-22H,6-11,17H2,1-2H3,(H2,31,32,34,36,37). The highest BCUT2D eigenvalue weighted by Gasteiger charge is 2.37. The molecule has 2 saturated carbocycles. The van der Waals surface area contributed by atoms with E-state index < -0.39 is 16.0 Å². The topological polar surface area (TPSA) is 131 Å². The third kappa shape index (κ3) is 6.41. The summed E-state index contributed by atoms with van der Waals surface area (Å²) < 4.78 is 40.1. The maximum Gasteiger partial charge on any atom is 0.256 e. The van der Waals surface area contributed by atoms with Crippen LogP contribution in [-0.4, -0.2) is 74.4 Å². The van der Waals surface area contributed by atoms with Crippen molar-refractivity contribution < 1.29 is 12.8 Å². The van der Waals surface area contributed by atoms with Crippen LogP contribution in [0.2, 0.25) is 0 Å². The molecule has 2 fully saturated rings. The summed E-state index contributed by atoms with van der Waals surface area (Å²) >= 11 is 0. The predicted octanol–water partition coefficient (Wildman–Crippen LogP) is 4.55. The number of nitrogens with one attached hydrogen (secondary N) is 2. The van der Waals surface area contributed by atoms with E-state index in [0.717, 1.165) is 42.0 Å². The Kier molecular flexibility index (Phi) is 7.86. The van der Waals surface area contributed by atoms with Crippen molar-refractivity contribution in [1.82, 2.24) is 34.0 Å². The Bertz CT molecular complexity index is 1670. The molecular formula is C29H34FN9O2S. The highest BCUT2D eigenvalue weighted by Crippen LogP contribution is 2.34. The molecule has 11 nitrogen and oxygen atoms in total. The summed E-state index contributed by atoms with van der Waals surface area (Å²) in [6.07, 6.45) is 11.8. The molecule has 6 rings (SSSR count). The van der Waals surface area contributed by atoms with Crippen molar-refractivity contribution in [3.8, 4) is 22.6 Å². The highest BCUT2D eigenvalue weighted by molar-refractivity contribution is 7.90. The van der Waals surface area contributed by atoms with Crippen LogP contribution in [0, 0.1) is 11.9 Å². The van der Waals surface area contributed by atoms with E-state index in [0.29, 0.717) is 53.0 Å². The number of anilines is 3. The number of rotatable bonds is 10. The molecule has 4 heterocycles. The van der Waals surface area contributed by atoms with Gasteiger partial charge in [0.1, 0.15) is 11.6 Å². The minimum Gasteiger partial charge on any atom is -0.382 e. The highest BCUT2D eigenvalue weighted by atomic mass is 32.2. The summed E-state index contributed by atoms with van der Waals surface area (Å²) in [5.74, 6) is 1.50. The fourth-order valence-corrected chi connectivity index (χ4v) is 6.88. The van der Waals surface area contributed by atoms with E-state index >= 15 is 0 Å². The van der Waals surface area contributed by atoms with Gasteiger partial charge in [0.15, 0.2) is 5.82 Å². The van der Waals surface area contributed by atoms with Gasteiger partial charge in [-0.15, -0.1) is 0 Å². The summed E-state index contributed by atoms with van der Waals surface area (Å²) in [4.78, 5) is 19.8. The van der Waals surface area contributed by atoms with Gasteiger partial charge in [0.2, 0.25) is 5.95 Å². The summed E-state index contributed by atoms with van der Waals surface area (Å²) in [6, 6.07) is 8.60. The molecule has 0 atom stereocenters. The molecule has 0 spiro atoms. The number of halogens is 1. The molecule has 0 bridgehead atoms. The van der Waals surface area contributed by atoms with Crippen molar-refractivity contribution >= 4 is 27.3 Å². The molecule has 4 aromatic rings. The molecule has 13 heteroatoms. The average Bonchev–Trinajstić information content (AvgIpc) is 3.71. The van der Waals surface area contributed by atoms with Gasteiger partial charge in [0.25, 0.3) is 10.0 Å². The molecule has 220 valence electrons. The zero-order valence-corrected chi connectivity index (χ0v) is 24.4. The minimum atomic E-state index is -3.48. The second-order valence-corrected chi connectivity index (χ2v) is 13.4. The molecule has 0 unspecified atom stereocenters. The Morgan fingerprint density at radius 1 is 1.00 bits per heavy atom. The molecule has 4 aromatic heterocycles. The summed E-state index contributed by atoms with van der Waals surface area (Å²) in [7, 11) is 0.744. The largest absolute Gasteiger partial charge is 0.382 e. The van der Waals surface area contributed by atoms with E-state index in [2.05, 4.69) is 54.7 Å². The van der Waals surface area contributed by atoms with Gasteiger partial charge in [-0.05, 0) is 76.7 Å². The molecule has 2 N–H and O–H groups in total. The number of pyridine rings is 2. The quantitative estimate of drug-likeness (QED) is 0.253. The van der Waals surface area contributed by atoms with Crippen LogP contribution in [0.4, 0.5) is 21.7 Å². The van der Waals surface area contributed by atoms with Crippen LogP contribution >= 0.6 is 0 Å². The lowest BCUT2D eigenvalue weighted by atomic mass is 9.85. The van der Waals surface area contributed by atoms with Gasteiger partial charge >= 0.3 is 0 Å². The number of aromatic nitrogens is 6. The fraction of sp³-hybridized carbons (Fsp3) is 0.414. The van der Waals surface area contributed by atoms with Crippen molar-refractivity contribution in [2.24, 2.45) is 5.92 Å². The van der Waals surface area contributed by atoms with Gasteiger partial charge in [-0.1, -0.05) is 6.07 Å². The normalized spacial score (nSPS) is 19.1. The first-order valence-corrected chi connectivity index (χ1v) is 15.7. The Hall–Kier alpha value is -3.97. The lowest BCUT2D eigenvalue weighted by Gasteiger charge is -2.31. The molecular weight excluding hydrogens is 557 g/mol. The molecule has 2 aliphatic carbocycles. The zero-order valence-electron chi connectivity index (χ0n) is 23.6. The van der Waals surface area contributed by atoms with E-state index in [1.807, 2.05) is 6.07 Å². The first kappa shape index (κ1) is 28.2. The number of nitrogens with zero attached hydrogens (tertiary/aromatic N) is 7. The Morgan fingerprint density at radius 2 is 1.81 bits per heavy atom. The Morgan fingerprint density at radius 3 is 2.55 bits per heavy atom. The Balaban J connectivity index is 1.23. The maximum atomic E-state index is 14.0. The molecule has 0 aliphatic heterocycles. The maximum absolute atomic E-state index is 14.0. The lowest BCUT2D eigenvalue weighted by molar-refractivity contribution is 0.255. The van der Waals surface area contributed by atoms with Crippen molar-refractivity contribution in [3.05, 3.63) is 61.1 Å². The number of hydrogen-bond donors (Lipinski definition) is 2. The van der Waals surface area contributed by atoms with Crippen molar-refractivity contribution in [2.45, 2.75) is 49.8 Å². The summed E-state index contributed by atoms with van der Waals surface area (Å²) in [5.41, 5.74) is 2.52. The molecule has 0 aromatic carbocycles. The summed E-state index contributed by atoms with van der Waals surface area (Å²) in [5, 5.41) is 10.6. The van der Waals surface area contributed by atoms with Crippen molar-refractivity contribution in [2.75, 3.05) is 31.3 Å². The van der Waals surface area contributed by atoms with Gasteiger partial charge in [-0.3, -0.25) is 0 Å².